The number of ether oxygens (including phenoxy) is 1. The Bertz CT molecular complexity index is 1080. The molecule has 142 valence electrons. The van der Waals surface area contributed by atoms with E-state index < -0.39 is 11.5 Å². The van der Waals surface area contributed by atoms with Crippen LogP contribution in [0.4, 0.5) is 20.2 Å². The van der Waals surface area contributed by atoms with E-state index in [1.165, 1.54) is 29.2 Å². The summed E-state index contributed by atoms with van der Waals surface area (Å²) >= 11 is 4.71. The second-order valence-corrected chi connectivity index (χ2v) is 6.63. The van der Waals surface area contributed by atoms with Gasteiger partial charge < -0.3 is 10.1 Å². The van der Waals surface area contributed by atoms with Gasteiger partial charge in [-0.05, 0) is 41.8 Å². The molecule has 4 rings (SSSR count). The van der Waals surface area contributed by atoms with Crippen molar-refractivity contribution in [2.45, 2.75) is 5.57 Å². The number of amides is 2. The topological polar surface area (TPSA) is 58.6 Å². The molecule has 0 atom stereocenters. The molecule has 28 heavy (non-hydrogen) atoms. The van der Waals surface area contributed by atoms with E-state index in [0.717, 1.165) is 10.8 Å². The van der Waals surface area contributed by atoms with E-state index >= 15 is 0 Å². The van der Waals surface area contributed by atoms with Crippen molar-refractivity contribution in [3.8, 4) is 5.75 Å². The lowest BCUT2D eigenvalue weighted by molar-refractivity contribution is -0.115. The van der Waals surface area contributed by atoms with Crippen LogP contribution in [0, 0.1) is 0 Å². The summed E-state index contributed by atoms with van der Waals surface area (Å²) < 4.78 is 29.5. The number of nitrogens with zero attached hydrogens (tertiary/aromatic N) is 1. The molecule has 0 fully saturated rings. The van der Waals surface area contributed by atoms with E-state index in [2.05, 4.69) is 10.1 Å². The van der Waals surface area contributed by atoms with Crippen LogP contribution in [0.2, 0.25) is 0 Å². The van der Waals surface area contributed by atoms with Gasteiger partial charge in [0.1, 0.15) is 12.3 Å². The van der Waals surface area contributed by atoms with E-state index in [1.54, 1.807) is 18.2 Å². The highest BCUT2D eigenvalue weighted by atomic mass is 35.5. The number of carbonyl (C=O) groups is 2. The molecule has 0 aromatic heterocycles. The molecule has 1 aliphatic rings. The molecule has 0 saturated carbocycles. The smallest absolute Gasteiger partial charge is 0.420 e. The highest BCUT2D eigenvalue weighted by molar-refractivity contribution is 6.26. The minimum Gasteiger partial charge on any atom is -0.420 e. The van der Waals surface area contributed by atoms with Crippen LogP contribution in [0.3, 0.4) is 0 Å². The number of rotatable bonds is 5. The summed E-state index contributed by atoms with van der Waals surface area (Å²) in [5.74, 6) is -0.806. The molecular formula is C20H13ClF2N2O3. The molecule has 5 nitrogen and oxygen atoms in total. The van der Waals surface area contributed by atoms with Crippen molar-refractivity contribution >= 4 is 45.6 Å². The minimum atomic E-state index is -3.81. The summed E-state index contributed by atoms with van der Waals surface area (Å²) in [5.41, 5.74) is -2.19. The van der Waals surface area contributed by atoms with Crippen LogP contribution in [0.1, 0.15) is 10.4 Å². The van der Waals surface area contributed by atoms with Gasteiger partial charge in [-0.15, -0.1) is 8.78 Å². The number of alkyl halides is 3. The van der Waals surface area contributed by atoms with Crippen molar-refractivity contribution in [2.75, 3.05) is 16.8 Å². The van der Waals surface area contributed by atoms with Crippen molar-refractivity contribution in [3.05, 3.63) is 66.2 Å². The molecule has 0 unspecified atom stereocenters. The van der Waals surface area contributed by atoms with Crippen LogP contribution in [-0.4, -0.2) is 23.9 Å². The molecule has 0 saturated heterocycles. The third kappa shape index (κ3) is 3.48. The molecule has 8 heteroatoms. The highest BCUT2D eigenvalue weighted by Gasteiger charge is 2.31. The Labute approximate surface area is 163 Å². The van der Waals surface area contributed by atoms with Crippen LogP contribution < -0.4 is 15.0 Å². The first-order chi connectivity index (χ1) is 13.3. The van der Waals surface area contributed by atoms with Gasteiger partial charge in [-0.25, -0.2) is 0 Å². The Morgan fingerprint density at radius 3 is 2.43 bits per heavy atom. The Balaban J connectivity index is 1.48. The number of anilines is 2. The zero-order valence-electron chi connectivity index (χ0n) is 14.3. The molecule has 1 heterocycles. The zero-order chi connectivity index (χ0) is 19.9. The lowest BCUT2D eigenvalue weighted by Gasteiger charge is -2.17. The van der Waals surface area contributed by atoms with Gasteiger partial charge in [0.05, 0.1) is 5.69 Å². The molecule has 0 spiro atoms. The van der Waals surface area contributed by atoms with Crippen molar-refractivity contribution in [2.24, 2.45) is 0 Å². The first-order valence-corrected chi connectivity index (χ1v) is 8.69. The monoisotopic (exact) mass is 402 g/mol. The molecule has 0 aliphatic carbocycles. The van der Waals surface area contributed by atoms with Crippen LogP contribution in [0.25, 0.3) is 10.8 Å². The van der Waals surface area contributed by atoms with Crippen LogP contribution in [0.15, 0.2) is 60.7 Å². The van der Waals surface area contributed by atoms with Gasteiger partial charge in [-0.3, -0.25) is 14.5 Å². The summed E-state index contributed by atoms with van der Waals surface area (Å²) in [5, 5.41) is 4.38. The standard InChI is InChI=1S/C20H13ClF2N2O3/c21-20(22,23)28-14-9-7-13(8-10-14)24-17(26)11-25-16-6-2-4-12-3-1-5-15(18(12)16)19(25)27/h1-10H,11H2,(H,24,26). The molecule has 2 amide bonds. The second-order valence-electron chi connectivity index (χ2n) is 6.19. The minimum absolute atomic E-state index is 0.144. The van der Waals surface area contributed by atoms with Gasteiger partial charge in [-0.1, -0.05) is 24.3 Å². The van der Waals surface area contributed by atoms with Gasteiger partial charge in [0.2, 0.25) is 5.91 Å². The SMILES string of the molecule is O=C(CN1C(=O)c2cccc3cccc1c23)Nc1ccc(OC(F)(F)Cl)cc1. The summed E-state index contributed by atoms with van der Waals surface area (Å²) in [4.78, 5) is 26.5. The summed E-state index contributed by atoms with van der Waals surface area (Å²) in [6.45, 7) is -0.176. The predicted molar refractivity (Wildman–Crippen MR) is 102 cm³/mol. The molecule has 1 aliphatic heterocycles. The molecule has 3 aromatic carbocycles. The second kappa shape index (κ2) is 6.76. The van der Waals surface area contributed by atoms with E-state index in [4.69, 9.17) is 11.6 Å². The van der Waals surface area contributed by atoms with Crippen molar-refractivity contribution in [1.82, 2.24) is 0 Å². The maximum Gasteiger partial charge on any atom is 0.487 e. The maximum absolute atomic E-state index is 12.7. The molecule has 0 radical (unpaired) electrons. The third-order valence-electron chi connectivity index (χ3n) is 4.32. The Kier molecular flexibility index (Phi) is 4.39. The fourth-order valence-corrected chi connectivity index (χ4v) is 3.31. The van der Waals surface area contributed by atoms with Gasteiger partial charge in [0.15, 0.2) is 0 Å². The van der Waals surface area contributed by atoms with Crippen LogP contribution in [0.5, 0.6) is 5.75 Å². The fourth-order valence-electron chi connectivity index (χ4n) is 3.22. The van der Waals surface area contributed by atoms with Gasteiger partial charge in [0, 0.05) is 28.2 Å². The average molecular weight is 403 g/mol. The summed E-state index contributed by atoms with van der Waals surface area (Å²) in [6.07, 6.45) is 0. The van der Waals surface area contributed by atoms with Crippen LogP contribution in [-0.2, 0) is 4.79 Å². The number of benzene rings is 3. The number of nitrogens with one attached hydrogen (secondary N) is 1. The first kappa shape index (κ1) is 18.2. The van der Waals surface area contributed by atoms with E-state index in [-0.39, 0.29) is 18.2 Å². The van der Waals surface area contributed by atoms with E-state index in [0.29, 0.717) is 16.9 Å². The summed E-state index contributed by atoms with van der Waals surface area (Å²) in [7, 11) is 0. The molecular weight excluding hydrogens is 390 g/mol. The number of carbonyl (C=O) groups excluding carboxylic acids is 2. The number of halogens is 3. The van der Waals surface area contributed by atoms with Crippen molar-refractivity contribution < 1.29 is 23.1 Å². The zero-order valence-corrected chi connectivity index (χ0v) is 15.0. The lowest BCUT2D eigenvalue weighted by atomic mass is 10.1. The van der Waals surface area contributed by atoms with Crippen LogP contribution >= 0.6 is 11.6 Å². The van der Waals surface area contributed by atoms with Crippen molar-refractivity contribution in [3.63, 3.8) is 0 Å². The predicted octanol–water partition coefficient (Wildman–Crippen LogP) is 4.61. The van der Waals surface area contributed by atoms with Crippen molar-refractivity contribution in [1.29, 1.82) is 0 Å². The quantitative estimate of drug-likeness (QED) is 0.634. The normalized spacial score (nSPS) is 13.1. The molecule has 3 aromatic rings. The highest BCUT2D eigenvalue weighted by Crippen LogP contribution is 2.37. The first-order valence-electron chi connectivity index (χ1n) is 8.31. The number of hydrogen-bond acceptors (Lipinski definition) is 3. The lowest BCUT2D eigenvalue weighted by Crippen LogP contribution is -2.35. The fraction of sp³-hybridized carbons (Fsp3) is 0.100. The Morgan fingerprint density at radius 1 is 1.07 bits per heavy atom. The Morgan fingerprint density at radius 2 is 1.75 bits per heavy atom. The molecule has 1 N–H and O–H groups in total. The largest absolute Gasteiger partial charge is 0.487 e. The van der Waals surface area contributed by atoms with E-state index in [9.17, 15) is 18.4 Å². The molecule has 0 bridgehead atoms. The maximum atomic E-state index is 12.7. The Hall–Kier alpha value is -3.19. The van der Waals surface area contributed by atoms with E-state index in [1.807, 2.05) is 18.2 Å². The third-order valence-corrected chi connectivity index (χ3v) is 4.40. The number of hydrogen-bond donors (Lipinski definition) is 1. The van der Waals surface area contributed by atoms with Gasteiger partial charge in [-0.2, -0.15) is 0 Å². The summed E-state index contributed by atoms with van der Waals surface area (Å²) in [6, 6.07) is 16.3. The van der Waals surface area contributed by atoms with Gasteiger partial charge >= 0.3 is 5.57 Å². The van der Waals surface area contributed by atoms with Gasteiger partial charge in [0.25, 0.3) is 5.91 Å². The average Bonchev–Trinajstić information content (AvgIpc) is 2.90.